The highest BCUT2D eigenvalue weighted by atomic mass is 32.3. The Balaban J connectivity index is 2.46. The Morgan fingerprint density at radius 1 is 0.676 bits per heavy atom. The standard InChI is InChI=1S/C19H11F9O3S3/c20-17(21,22)12-4-1-6-14(10-12)33(16-8-3-9-32-16,31-34(29,30)19(26,27)28)15-7-2-5-13(11-15)18(23,24)25/h1-11H. The summed E-state index contributed by atoms with van der Waals surface area (Å²) in [7, 11) is -10.8. The molecular formula is C19H11F9O3S3. The molecule has 0 aliphatic rings. The SMILES string of the molecule is O=S(=O)(OS(c1cccc(C(F)(F)F)c1)(c1cccc(C(F)(F)F)c1)c1cccs1)C(F)(F)F. The molecule has 0 spiro atoms. The van der Waals surface area contributed by atoms with Gasteiger partial charge in [0, 0.05) is 9.79 Å². The Hall–Kier alpha value is -2.23. The van der Waals surface area contributed by atoms with Crippen LogP contribution < -0.4 is 0 Å². The Kier molecular flexibility index (Phi) is 6.80. The molecule has 186 valence electrons. The summed E-state index contributed by atoms with van der Waals surface area (Å²) in [5.41, 5.74) is -8.73. The minimum atomic E-state index is -6.49. The number of benzene rings is 2. The van der Waals surface area contributed by atoms with Gasteiger partial charge in [-0.15, -0.1) is 11.3 Å². The van der Waals surface area contributed by atoms with Crippen LogP contribution in [-0.2, 0) is 26.1 Å². The van der Waals surface area contributed by atoms with E-state index in [9.17, 15) is 47.9 Å². The summed E-state index contributed by atoms with van der Waals surface area (Å²) in [6.45, 7) is 0. The molecule has 1 heterocycles. The summed E-state index contributed by atoms with van der Waals surface area (Å²) < 4.78 is 149. The van der Waals surface area contributed by atoms with Gasteiger partial charge in [-0.2, -0.15) is 51.6 Å². The summed E-state index contributed by atoms with van der Waals surface area (Å²) >= 11 is 0.615. The van der Waals surface area contributed by atoms with E-state index in [4.69, 9.17) is 0 Å². The average Bonchev–Trinajstić information content (AvgIpc) is 3.25. The fraction of sp³-hybridized carbons (Fsp3) is 0.158. The number of alkyl halides is 9. The molecule has 15 heteroatoms. The van der Waals surface area contributed by atoms with Crippen LogP contribution in [0.4, 0.5) is 39.5 Å². The summed E-state index contributed by atoms with van der Waals surface area (Å²) in [6.07, 6.45) is -9.99. The number of thiophene rings is 1. The van der Waals surface area contributed by atoms with Crippen LogP contribution in [0.3, 0.4) is 0 Å². The van der Waals surface area contributed by atoms with Crippen molar-refractivity contribution in [2.24, 2.45) is 0 Å². The first-order valence-corrected chi connectivity index (χ1v) is 12.6. The second kappa shape index (κ2) is 8.77. The Morgan fingerprint density at radius 3 is 1.50 bits per heavy atom. The van der Waals surface area contributed by atoms with E-state index in [1.165, 1.54) is 11.4 Å². The van der Waals surface area contributed by atoms with Gasteiger partial charge in [0.2, 0.25) is 0 Å². The van der Waals surface area contributed by atoms with Gasteiger partial charge in [-0.1, -0.05) is 18.2 Å². The maximum absolute atomic E-state index is 13.4. The van der Waals surface area contributed by atoms with E-state index < -0.39 is 59.2 Å². The van der Waals surface area contributed by atoms with Crippen LogP contribution in [0.5, 0.6) is 0 Å². The summed E-state index contributed by atoms with van der Waals surface area (Å²) in [5.74, 6) is 0. The Morgan fingerprint density at radius 2 is 1.15 bits per heavy atom. The molecule has 1 aromatic heterocycles. The second-order valence-corrected chi connectivity index (χ2v) is 12.1. The molecule has 0 radical (unpaired) electrons. The first-order chi connectivity index (χ1) is 15.5. The van der Waals surface area contributed by atoms with Crippen LogP contribution in [0.1, 0.15) is 11.1 Å². The lowest BCUT2D eigenvalue weighted by Gasteiger charge is -2.38. The molecular weight excluding hydrogens is 543 g/mol. The van der Waals surface area contributed by atoms with Crippen LogP contribution in [-0.4, -0.2) is 13.9 Å². The molecule has 3 aromatic rings. The van der Waals surface area contributed by atoms with Gasteiger partial charge in [-0.05, 0) is 58.2 Å². The summed E-state index contributed by atoms with van der Waals surface area (Å²) in [4.78, 5) is -1.39. The predicted molar refractivity (Wildman–Crippen MR) is 106 cm³/mol. The quantitative estimate of drug-likeness (QED) is 0.238. The van der Waals surface area contributed by atoms with Crippen molar-refractivity contribution < 1.29 is 51.6 Å². The lowest BCUT2D eigenvalue weighted by Crippen LogP contribution is -2.27. The van der Waals surface area contributed by atoms with Crippen LogP contribution in [0.25, 0.3) is 0 Å². The van der Waals surface area contributed by atoms with E-state index >= 15 is 0 Å². The largest absolute Gasteiger partial charge is 0.524 e. The fourth-order valence-electron chi connectivity index (χ4n) is 2.78. The van der Waals surface area contributed by atoms with Gasteiger partial charge in [0.25, 0.3) is 0 Å². The zero-order valence-corrected chi connectivity index (χ0v) is 18.7. The van der Waals surface area contributed by atoms with E-state index in [0.717, 1.165) is 30.3 Å². The number of rotatable bonds is 5. The maximum atomic E-state index is 13.4. The van der Waals surface area contributed by atoms with E-state index in [2.05, 4.69) is 3.63 Å². The summed E-state index contributed by atoms with van der Waals surface area (Å²) in [5, 5.41) is 1.27. The molecule has 0 aliphatic carbocycles. The number of hydrogen-bond donors (Lipinski definition) is 0. The first-order valence-electron chi connectivity index (χ1n) is 8.72. The van der Waals surface area contributed by atoms with Crippen LogP contribution in [0.2, 0.25) is 0 Å². The second-order valence-electron chi connectivity index (χ2n) is 6.51. The molecule has 0 aliphatic heterocycles. The highest BCUT2D eigenvalue weighted by molar-refractivity contribution is 8.34. The van der Waals surface area contributed by atoms with Crippen molar-refractivity contribution in [1.82, 2.24) is 0 Å². The van der Waals surface area contributed by atoms with Gasteiger partial charge < -0.3 is 0 Å². The fourth-order valence-corrected chi connectivity index (χ4v) is 9.18. The van der Waals surface area contributed by atoms with Crippen molar-refractivity contribution in [3.05, 3.63) is 77.2 Å². The van der Waals surface area contributed by atoms with E-state index in [0.29, 0.717) is 35.6 Å². The first kappa shape index (κ1) is 26.4. The molecule has 0 bridgehead atoms. The molecule has 34 heavy (non-hydrogen) atoms. The van der Waals surface area contributed by atoms with Gasteiger partial charge in [0.1, 0.15) is 0 Å². The van der Waals surface area contributed by atoms with Gasteiger partial charge in [-0.3, -0.25) is 0 Å². The van der Waals surface area contributed by atoms with Crippen molar-refractivity contribution in [1.29, 1.82) is 0 Å². The third-order valence-corrected chi connectivity index (χ3v) is 10.5. The van der Waals surface area contributed by atoms with Gasteiger partial charge in [0.05, 0.1) is 15.3 Å². The molecule has 2 aromatic carbocycles. The van der Waals surface area contributed by atoms with Crippen LogP contribution in [0.15, 0.2) is 80.0 Å². The molecule has 0 saturated carbocycles. The third kappa shape index (κ3) is 5.06. The smallest absolute Gasteiger partial charge is 0.199 e. The van der Waals surface area contributed by atoms with E-state index in [1.54, 1.807) is 0 Å². The minimum Gasteiger partial charge on any atom is -0.199 e. The molecule has 0 amide bonds. The third-order valence-electron chi connectivity index (χ3n) is 4.24. The molecule has 0 saturated heterocycles. The molecule has 0 fully saturated rings. The highest BCUT2D eigenvalue weighted by Gasteiger charge is 2.53. The highest BCUT2D eigenvalue weighted by Crippen LogP contribution is 2.72. The van der Waals surface area contributed by atoms with Crippen molar-refractivity contribution >= 4 is 31.8 Å². The van der Waals surface area contributed by atoms with Crippen LogP contribution in [0, 0.1) is 0 Å². The lowest BCUT2D eigenvalue weighted by atomic mass is 10.2. The van der Waals surface area contributed by atoms with E-state index in [1.807, 2.05) is 0 Å². The monoisotopic (exact) mass is 554 g/mol. The Labute approximate surface area is 192 Å². The molecule has 0 unspecified atom stereocenters. The van der Waals surface area contributed by atoms with Crippen molar-refractivity contribution in [3.8, 4) is 0 Å². The minimum absolute atomic E-state index is 0.320. The van der Waals surface area contributed by atoms with Crippen LogP contribution >= 0.6 is 21.6 Å². The van der Waals surface area contributed by atoms with Gasteiger partial charge in [0.15, 0.2) is 0 Å². The van der Waals surface area contributed by atoms with Gasteiger partial charge in [-0.25, -0.2) is 0 Å². The zero-order valence-electron chi connectivity index (χ0n) is 16.2. The lowest BCUT2D eigenvalue weighted by molar-refractivity contribution is -0.138. The van der Waals surface area contributed by atoms with Crippen molar-refractivity contribution in [2.75, 3.05) is 0 Å². The van der Waals surface area contributed by atoms with E-state index in [-0.39, 0.29) is 4.21 Å². The maximum Gasteiger partial charge on any atom is 0.524 e. The normalized spacial score (nSPS) is 14.3. The summed E-state index contributed by atoms with van der Waals surface area (Å²) in [6, 6.07) is 7.53. The van der Waals surface area contributed by atoms with Crippen molar-refractivity contribution in [3.63, 3.8) is 0 Å². The molecule has 0 atom stereocenters. The topological polar surface area (TPSA) is 43.4 Å². The number of hydrogen-bond acceptors (Lipinski definition) is 4. The number of halogens is 9. The molecule has 3 nitrogen and oxygen atoms in total. The molecule has 3 rings (SSSR count). The zero-order chi connectivity index (χ0) is 25.6. The Bertz CT molecular complexity index is 1200. The molecule has 0 N–H and O–H groups in total. The average molecular weight is 554 g/mol. The van der Waals surface area contributed by atoms with Gasteiger partial charge >= 0.3 is 28.0 Å². The van der Waals surface area contributed by atoms with Crippen molar-refractivity contribution in [2.45, 2.75) is 31.9 Å². The predicted octanol–water partition coefficient (Wildman–Crippen LogP) is 7.85.